The van der Waals surface area contributed by atoms with Gasteiger partial charge in [0.1, 0.15) is 37.4 Å². The molecule has 8 fully saturated rings. The number of rotatable bonds is 12. The predicted octanol–water partition coefficient (Wildman–Crippen LogP) is 15.7. The van der Waals surface area contributed by atoms with Gasteiger partial charge in [-0.25, -0.2) is 0 Å². The number of aliphatic hydroxyl groups excluding tert-OH is 2. The van der Waals surface area contributed by atoms with E-state index >= 15 is 0 Å². The normalized spacial score (nSPS) is 42.9. The Morgan fingerprint density at radius 2 is 0.862 bits per heavy atom. The molecular formula is C75H112O12. The molecule has 0 bridgehead atoms. The van der Waals surface area contributed by atoms with Crippen LogP contribution in [0.2, 0.25) is 0 Å². The summed E-state index contributed by atoms with van der Waals surface area (Å²) in [6, 6.07) is 1.20. The molecule has 484 valence electrons. The Morgan fingerprint density at radius 3 is 1.29 bits per heavy atom. The van der Waals surface area contributed by atoms with Gasteiger partial charge in [-0.05, 0) is 219 Å². The lowest BCUT2D eigenvalue weighted by atomic mass is 9.42. The molecule has 10 aliphatic rings. The Labute approximate surface area is 521 Å². The molecule has 12 nitrogen and oxygen atoms in total. The van der Waals surface area contributed by atoms with E-state index in [1.165, 1.54) is 63.7 Å². The minimum atomic E-state index is -0.629. The number of aliphatic hydroxyl groups is 2. The molecule has 1 aromatic rings. The molecule has 0 saturated heterocycles. The van der Waals surface area contributed by atoms with Crippen LogP contribution in [0, 0.1) is 101 Å². The van der Waals surface area contributed by atoms with Crippen LogP contribution in [0.1, 0.15) is 262 Å². The van der Waals surface area contributed by atoms with E-state index in [9.17, 15) is 34.2 Å². The molecule has 1 aromatic heterocycles. The highest BCUT2D eigenvalue weighted by Gasteiger charge is 2.66. The summed E-state index contributed by atoms with van der Waals surface area (Å²) in [6.07, 6.45) is 26.2. The van der Waals surface area contributed by atoms with E-state index in [0.29, 0.717) is 47.3 Å². The zero-order valence-corrected chi connectivity index (χ0v) is 56.1. The molecule has 12 heteroatoms. The number of fused-ring (bicyclic) bond motifs is 12. The second kappa shape index (κ2) is 22.8. The molecule has 0 unspecified atom stereocenters. The minimum absolute atomic E-state index is 0.0704. The lowest BCUT2D eigenvalue weighted by molar-refractivity contribution is -0.176. The minimum Gasteiger partial charge on any atom is -0.465 e. The number of esters is 4. The molecule has 87 heavy (non-hydrogen) atoms. The molecule has 0 amide bonds. The van der Waals surface area contributed by atoms with Crippen LogP contribution in [-0.2, 0) is 51.3 Å². The van der Waals surface area contributed by atoms with Crippen LogP contribution in [-0.4, -0.2) is 58.5 Å². The molecule has 0 aromatic carbocycles. The van der Waals surface area contributed by atoms with Crippen molar-refractivity contribution in [2.45, 2.75) is 289 Å². The zero-order chi connectivity index (χ0) is 62.9. The third-order valence-electron chi connectivity index (χ3n) is 29.0. The van der Waals surface area contributed by atoms with Gasteiger partial charge < -0.3 is 33.6 Å². The van der Waals surface area contributed by atoms with Gasteiger partial charge in [-0.15, -0.1) is 0 Å². The number of carbonyl (C=O) groups excluding carboxylic acids is 4. The maximum Gasteiger partial charge on any atom is 0.306 e. The van der Waals surface area contributed by atoms with Gasteiger partial charge >= 0.3 is 23.9 Å². The Hall–Kier alpha value is -3.77. The van der Waals surface area contributed by atoms with Gasteiger partial charge in [0, 0.05) is 16.9 Å². The quantitative estimate of drug-likeness (QED) is 0.115. The average Bonchev–Trinajstić information content (AvgIpc) is 1.71. The Morgan fingerprint density at radius 1 is 0.460 bits per heavy atom. The van der Waals surface area contributed by atoms with Crippen LogP contribution in [0.25, 0.3) is 0 Å². The Kier molecular flexibility index (Phi) is 17.0. The molecule has 0 spiro atoms. The first kappa shape index (κ1) is 64.7. The van der Waals surface area contributed by atoms with Crippen molar-refractivity contribution in [3.63, 3.8) is 0 Å². The van der Waals surface area contributed by atoms with Gasteiger partial charge in [-0.2, -0.15) is 0 Å². The summed E-state index contributed by atoms with van der Waals surface area (Å²) in [5, 5.41) is 22.3. The molecule has 8 saturated carbocycles. The van der Waals surface area contributed by atoms with Crippen molar-refractivity contribution in [3.8, 4) is 0 Å². The second-order valence-corrected chi connectivity index (χ2v) is 34.9. The third kappa shape index (κ3) is 11.0. The number of carbonyl (C=O) groups is 4. The largest absolute Gasteiger partial charge is 0.465 e. The van der Waals surface area contributed by atoms with Gasteiger partial charge in [0.2, 0.25) is 0 Å². The van der Waals surface area contributed by atoms with Crippen LogP contribution in [0.3, 0.4) is 0 Å². The van der Waals surface area contributed by atoms with E-state index in [4.69, 9.17) is 23.4 Å². The number of hydrogen-bond acceptors (Lipinski definition) is 12. The van der Waals surface area contributed by atoms with Crippen molar-refractivity contribution in [3.05, 3.63) is 57.2 Å². The lowest BCUT2D eigenvalue weighted by Gasteiger charge is -2.63. The smallest absolute Gasteiger partial charge is 0.306 e. The monoisotopic (exact) mass is 1200 g/mol. The summed E-state index contributed by atoms with van der Waals surface area (Å²) in [5.74, 6) is 2.01. The van der Waals surface area contributed by atoms with Crippen molar-refractivity contribution in [2.75, 3.05) is 0 Å². The Bertz CT molecular complexity index is 2940. The van der Waals surface area contributed by atoms with Crippen molar-refractivity contribution >= 4 is 23.9 Å². The molecule has 2 N–H and O–H groups in total. The summed E-state index contributed by atoms with van der Waals surface area (Å²) in [5.41, 5.74) is 3.43. The van der Waals surface area contributed by atoms with Crippen molar-refractivity contribution in [1.29, 1.82) is 0 Å². The summed E-state index contributed by atoms with van der Waals surface area (Å²) >= 11 is 0. The predicted molar refractivity (Wildman–Crippen MR) is 335 cm³/mol. The van der Waals surface area contributed by atoms with Gasteiger partial charge in [0.25, 0.3) is 0 Å². The molecule has 1 heterocycles. The second-order valence-electron chi connectivity index (χ2n) is 34.9. The molecule has 0 radical (unpaired) electrons. The fourth-order valence-electron chi connectivity index (χ4n) is 24.2. The summed E-state index contributed by atoms with van der Waals surface area (Å²) in [6.45, 7) is 33.0. The van der Waals surface area contributed by atoms with Gasteiger partial charge in [-0.1, -0.05) is 120 Å². The highest BCUT2D eigenvalue weighted by molar-refractivity contribution is 5.78. The van der Waals surface area contributed by atoms with E-state index in [1.807, 2.05) is 0 Å². The molecule has 10 aliphatic carbocycles. The van der Waals surface area contributed by atoms with Crippen LogP contribution >= 0.6 is 0 Å². The van der Waals surface area contributed by atoms with Crippen molar-refractivity contribution < 1.29 is 52.8 Å². The number of ether oxygens (including phenoxy) is 4. The first-order valence-corrected chi connectivity index (χ1v) is 34.7. The Balaban J connectivity index is 0.604. The van der Waals surface area contributed by atoms with E-state index in [2.05, 4.69) is 109 Å². The first-order valence-electron chi connectivity index (χ1n) is 34.7. The SMILES string of the molecule is CC1(C)[C@@H](O)CC[C@@]2(C)[C@H]1CC[C@@]1(C)CC3=CC[C@H]4C(C)(C)[C@H](OC(=O)CCC(=O)OCc5cc(=O)c(COC(=O)CCC(=O)O[C@@H]6CC[C@]7(C)[C@H]8CC[C@H]9[C@@](C)(CC[C@H]%10C(C)(C)[C@@H](O)CC[C@@]%109C)CC8=CC[C@H]7C6(C)C)co5)CC[C@]4(C)[C@H]3CC[C@@H]12. The first-order chi connectivity index (χ1) is 40.6. The molecule has 0 aliphatic heterocycles. The molecule has 11 rings (SSSR count). The van der Waals surface area contributed by atoms with Gasteiger partial charge in [-0.3, -0.25) is 24.0 Å². The standard InChI is InChI=1S/C75H112O12/c1-66(2)54-27-33-70(9)40-45-15-19-52-68(5,6)60(31-37-72(52,11)49(45)17-21-56(70)74(54,13)35-29-58(66)77)86-64(81)25-23-62(79)84-43-47-42-83-48(39-51(47)76)44-85-63(80)24-26-65(82)87-61-32-38-73(12)50-18-22-57-71(10,41-46(50)16-20-53(73)69(61,7)8)34-28-55-67(3,4)59(78)30-36-75(55,57)14/h15-16,39,42,49-50,52-61,77-78H,17-38,40-41,43-44H2,1-14H3/t49-,50-,52-,53-,54-,55-,56-,57-,58-,59-,60+,61+,70-,71-,72+,73+,74-,75-/m0/s1. The van der Waals surface area contributed by atoms with E-state index in [-0.39, 0.29) is 129 Å². The van der Waals surface area contributed by atoms with Crippen LogP contribution in [0.4, 0.5) is 0 Å². The maximum atomic E-state index is 13.5. The summed E-state index contributed by atoms with van der Waals surface area (Å²) in [7, 11) is 0. The number of hydrogen-bond donors (Lipinski definition) is 2. The van der Waals surface area contributed by atoms with Crippen molar-refractivity contribution in [1.82, 2.24) is 0 Å². The van der Waals surface area contributed by atoms with E-state index < -0.39 is 29.3 Å². The van der Waals surface area contributed by atoms with Gasteiger partial charge in [0.05, 0.1) is 43.5 Å². The fraction of sp³-hybridized carbons (Fsp3) is 0.827. The highest BCUT2D eigenvalue weighted by Crippen LogP contribution is 2.73. The molecule has 18 atom stereocenters. The fourth-order valence-corrected chi connectivity index (χ4v) is 24.2. The highest BCUT2D eigenvalue weighted by atomic mass is 16.6. The lowest BCUT2D eigenvalue weighted by Crippen LogP contribution is -2.58. The van der Waals surface area contributed by atoms with Crippen molar-refractivity contribution in [2.24, 2.45) is 101 Å². The van der Waals surface area contributed by atoms with E-state index in [0.717, 1.165) is 77.0 Å². The zero-order valence-electron chi connectivity index (χ0n) is 56.1. The van der Waals surface area contributed by atoms with Crippen LogP contribution in [0.15, 0.2) is 44.8 Å². The maximum absolute atomic E-state index is 13.5. The van der Waals surface area contributed by atoms with Crippen LogP contribution < -0.4 is 5.43 Å². The average molecular weight is 1210 g/mol. The summed E-state index contributed by atoms with van der Waals surface area (Å²) < 4.78 is 29.0. The topological polar surface area (TPSA) is 176 Å². The summed E-state index contributed by atoms with van der Waals surface area (Å²) in [4.78, 5) is 65.9. The molecular weight excluding hydrogens is 1090 g/mol. The van der Waals surface area contributed by atoms with Gasteiger partial charge in [0.15, 0.2) is 5.43 Å². The van der Waals surface area contributed by atoms with E-state index in [1.54, 1.807) is 11.1 Å². The number of allylic oxidation sites excluding steroid dienone is 4. The van der Waals surface area contributed by atoms with Crippen LogP contribution in [0.5, 0.6) is 0 Å². The third-order valence-corrected chi connectivity index (χ3v) is 29.0.